The molecule has 0 radical (unpaired) electrons. The van der Waals surface area contributed by atoms with Gasteiger partial charge in [-0.1, -0.05) is 0 Å². The van der Waals surface area contributed by atoms with Gasteiger partial charge in [0.1, 0.15) is 12.0 Å². The van der Waals surface area contributed by atoms with E-state index in [1.165, 1.54) is 6.26 Å². The fraction of sp³-hybridized carbons (Fsp3) is 0.423. The Labute approximate surface area is 209 Å². The molecule has 1 amide bonds. The number of aromatic nitrogens is 3. The lowest BCUT2D eigenvalue weighted by Crippen LogP contribution is -2.37. The van der Waals surface area contributed by atoms with Crippen molar-refractivity contribution in [3.8, 4) is 0 Å². The maximum Gasteiger partial charge on any atom is 0.268 e. The zero-order valence-electron chi connectivity index (χ0n) is 20.6. The zero-order valence-corrected chi connectivity index (χ0v) is 20.6. The monoisotopic (exact) mass is 492 g/mol. The Morgan fingerprint density at radius 1 is 1.25 bits per heavy atom. The number of ether oxygens (including phenoxy) is 2. The van der Waals surface area contributed by atoms with Gasteiger partial charge < -0.3 is 25.2 Å². The van der Waals surface area contributed by atoms with Crippen LogP contribution >= 0.6 is 0 Å². The maximum atomic E-state index is 12.5. The average Bonchev–Trinajstić information content (AvgIpc) is 3.51. The molecule has 4 heterocycles. The van der Waals surface area contributed by atoms with E-state index in [1.54, 1.807) is 13.3 Å². The Kier molecular flexibility index (Phi) is 6.80. The van der Waals surface area contributed by atoms with Crippen LogP contribution in [0, 0.1) is 12.8 Å². The first-order valence-corrected chi connectivity index (χ1v) is 12.2. The molecular weight excluding hydrogens is 460 g/mol. The van der Waals surface area contributed by atoms with Crippen molar-refractivity contribution in [2.24, 2.45) is 11.7 Å². The highest BCUT2D eigenvalue weighted by Crippen LogP contribution is 2.44. The van der Waals surface area contributed by atoms with Crippen LogP contribution in [0.15, 0.2) is 48.6 Å². The molecule has 1 aromatic carbocycles. The summed E-state index contributed by atoms with van der Waals surface area (Å²) in [7, 11) is 1.67. The molecule has 1 unspecified atom stereocenters. The number of anilines is 2. The molecular formula is C26H32N6O4. The van der Waals surface area contributed by atoms with Gasteiger partial charge in [-0.25, -0.2) is 0 Å². The van der Waals surface area contributed by atoms with Gasteiger partial charge in [-0.15, -0.1) is 0 Å². The van der Waals surface area contributed by atoms with Crippen molar-refractivity contribution in [2.75, 3.05) is 43.2 Å². The average molecular weight is 493 g/mol. The number of carbonyl (C=O) groups excluding carboxylic acids is 1. The first kappa shape index (κ1) is 24.1. The minimum atomic E-state index is -0.566. The fourth-order valence-electron chi connectivity index (χ4n) is 5.02. The molecule has 0 bridgehead atoms. The Bertz CT molecular complexity index is 1280. The molecule has 1 fully saturated rings. The summed E-state index contributed by atoms with van der Waals surface area (Å²) in [6.07, 6.45) is 6.21. The van der Waals surface area contributed by atoms with Crippen molar-refractivity contribution in [2.45, 2.75) is 32.5 Å². The van der Waals surface area contributed by atoms with Gasteiger partial charge in [-0.2, -0.15) is 5.10 Å². The summed E-state index contributed by atoms with van der Waals surface area (Å²) in [5.41, 5.74) is 10.6. The van der Waals surface area contributed by atoms with Crippen LogP contribution < -0.4 is 15.5 Å². The molecule has 1 saturated heterocycles. The van der Waals surface area contributed by atoms with Gasteiger partial charge >= 0.3 is 0 Å². The SMILES string of the molecule is COCCn1ncc2cc(N3C(C(N)=O)=COC3c3ccnc(C)c3)c(N3CCC(CO)CC3)cc21. The molecule has 1 atom stereocenters. The highest BCUT2D eigenvalue weighted by Gasteiger charge is 2.36. The van der Waals surface area contributed by atoms with E-state index in [2.05, 4.69) is 21.0 Å². The van der Waals surface area contributed by atoms with Crippen molar-refractivity contribution < 1.29 is 19.4 Å². The summed E-state index contributed by atoms with van der Waals surface area (Å²) in [5, 5.41) is 15.2. The van der Waals surface area contributed by atoms with Crippen LogP contribution in [0.4, 0.5) is 11.4 Å². The lowest BCUT2D eigenvalue weighted by Gasteiger charge is -2.37. The number of nitrogens with two attached hydrogens (primary N) is 1. The Balaban J connectivity index is 1.64. The molecule has 0 saturated carbocycles. The van der Waals surface area contributed by atoms with E-state index in [-0.39, 0.29) is 12.3 Å². The molecule has 5 rings (SSSR count). The first-order chi connectivity index (χ1) is 17.5. The number of carbonyl (C=O) groups is 1. The van der Waals surface area contributed by atoms with Gasteiger partial charge in [0.25, 0.3) is 5.91 Å². The largest absolute Gasteiger partial charge is 0.471 e. The van der Waals surface area contributed by atoms with E-state index in [0.29, 0.717) is 19.1 Å². The number of hydrogen-bond donors (Lipinski definition) is 2. The molecule has 10 heteroatoms. The summed E-state index contributed by atoms with van der Waals surface area (Å²) in [6.45, 7) is 4.87. The second kappa shape index (κ2) is 10.2. The zero-order chi connectivity index (χ0) is 25.2. The molecule has 2 aliphatic rings. The van der Waals surface area contributed by atoms with Crippen LogP contribution in [0.1, 0.15) is 30.3 Å². The van der Waals surface area contributed by atoms with Crippen LogP contribution in [0.3, 0.4) is 0 Å². The number of amides is 1. The minimum Gasteiger partial charge on any atom is -0.471 e. The summed E-state index contributed by atoms with van der Waals surface area (Å²) in [6, 6.07) is 8.00. The van der Waals surface area contributed by atoms with Crippen LogP contribution in [-0.4, -0.2) is 59.2 Å². The number of fused-ring (bicyclic) bond motifs is 1. The van der Waals surface area contributed by atoms with Gasteiger partial charge in [0, 0.05) is 49.6 Å². The van der Waals surface area contributed by atoms with E-state index in [4.69, 9.17) is 15.2 Å². The van der Waals surface area contributed by atoms with E-state index in [1.807, 2.05) is 40.9 Å². The summed E-state index contributed by atoms with van der Waals surface area (Å²) >= 11 is 0. The number of benzene rings is 1. The van der Waals surface area contributed by atoms with Crippen LogP contribution in [0.5, 0.6) is 0 Å². The lowest BCUT2D eigenvalue weighted by molar-refractivity contribution is -0.114. The number of aliphatic hydroxyl groups is 1. The normalized spacial score (nSPS) is 18.5. The first-order valence-electron chi connectivity index (χ1n) is 12.2. The maximum absolute atomic E-state index is 12.5. The Morgan fingerprint density at radius 3 is 2.75 bits per heavy atom. The van der Waals surface area contributed by atoms with Crippen molar-refractivity contribution >= 4 is 28.2 Å². The number of aryl methyl sites for hydroxylation is 1. The van der Waals surface area contributed by atoms with Gasteiger partial charge in [0.15, 0.2) is 0 Å². The summed E-state index contributed by atoms with van der Waals surface area (Å²) < 4.78 is 13.2. The van der Waals surface area contributed by atoms with Crippen molar-refractivity contribution in [1.29, 1.82) is 0 Å². The molecule has 2 aliphatic heterocycles. The Morgan fingerprint density at radius 2 is 2.06 bits per heavy atom. The molecule has 0 spiro atoms. The quantitative estimate of drug-likeness (QED) is 0.492. The van der Waals surface area contributed by atoms with Crippen LogP contribution in [0.2, 0.25) is 0 Å². The van der Waals surface area contributed by atoms with Gasteiger partial charge in [0.05, 0.1) is 36.2 Å². The topological polar surface area (TPSA) is 119 Å². The van der Waals surface area contributed by atoms with E-state index >= 15 is 0 Å². The van der Waals surface area contributed by atoms with Crippen LogP contribution in [0.25, 0.3) is 10.9 Å². The number of pyridine rings is 1. The molecule has 3 aromatic rings. The number of hydrogen-bond acceptors (Lipinski definition) is 8. The molecule has 0 aliphatic carbocycles. The minimum absolute atomic E-state index is 0.196. The third kappa shape index (κ3) is 4.49. The third-order valence-electron chi connectivity index (χ3n) is 6.98. The van der Waals surface area contributed by atoms with Gasteiger partial charge in [-0.05, 0) is 49.9 Å². The summed E-state index contributed by atoms with van der Waals surface area (Å²) in [5.74, 6) is -0.270. The smallest absolute Gasteiger partial charge is 0.268 e. The number of piperidine rings is 1. The van der Waals surface area contributed by atoms with E-state index in [9.17, 15) is 9.90 Å². The van der Waals surface area contributed by atoms with Crippen LogP contribution in [-0.2, 0) is 20.8 Å². The number of nitrogens with zero attached hydrogens (tertiary/aromatic N) is 5. The lowest BCUT2D eigenvalue weighted by atomic mass is 9.97. The predicted molar refractivity (Wildman–Crippen MR) is 136 cm³/mol. The van der Waals surface area contributed by atoms with E-state index in [0.717, 1.165) is 59.5 Å². The number of primary amides is 1. The molecule has 3 N–H and O–H groups in total. The van der Waals surface area contributed by atoms with Gasteiger partial charge in [-0.3, -0.25) is 19.4 Å². The predicted octanol–water partition coefficient (Wildman–Crippen LogP) is 2.46. The standard InChI is InChI=1S/C26H32N6O4/c1-17-11-19(3-6-28-17)26-32(24(16-36-26)25(27)34)23-12-20-14-29-31(9-10-35-2)21(20)13-22(23)30-7-4-18(15-33)5-8-30/h3,6,11-14,16,18,26,33H,4-5,7-10,15H2,1-2H3,(H2,27,34). The van der Waals surface area contributed by atoms with Crippen molar-refractivity contribution in [3.63, 3.8) is 0 Å². The third-order valence-corrected chi connectivity index (χ3v) is 6.98. The molecule has 2 aromatic heterocycles. The highest BCUT2D eigenvalue weighted by atomic mass is 16.5. The number of aliphatic hydroxyl groups excluding tert-OH is 1. The number of rotatable bonds is 8. The van der Waals surface area contributed by atoms with Crippen molar-refractivity contribution in [1.82, 2.24) is 14.8 Å². The molecule has 190 valence electrons. The number of methoxy groups -OCH3 is 1. The molecule has 10 nitrogen and oxygen atoms in total. The van der Waals surface area contributed by atoms with Gasteiger partial charge in [0.2, 0.25) is 6.23 Å². The Hall–Kier alpha value is -3.63. The van der Waals surface area contributed by atoms with Crippen molar-refractivity contribution in [3.05, 3.63) is 59.9 Å². The van der Waals surface area contributed by atoms with E-state index < -0.39 is 12.1 Å². The second-order valence-corrected chi connectivity index (χ2v) is 9.33. The highest BCUT2D eigenvalue weighted by molar-refractivity contribution is 6.00. The second-order valence-electron chi connectivity index (χ2n) is 9.33. The molecule has 36 heavy (non-hydrogen) atoms. The fourth-order valence-corrected chi connectivity index (χ4v) is 5.02. The summed E-state index contributed by atoms with van der Waals surface area (Å²) in [4.78, 5) is 21.0.